The van der Waals surface area contributed by atoms with E-state index < -0.39 is 18.0 Å². The van der Waals surface area contributed by atoms with Gasteiger partial charge in [0.1, 0.15) is 5.70 Å². The third-order valence-corrected chi connectivity index (χ3v) is 6.13. The molecule has 3 heterocycles. The molecule has 2 N–H and O–H groups in total. The second-order valence-electron chi connectivity index (χ2n) is 6.34. The third kappa shape index (κ3) is 2.34. The van der Waals surface area contributed by atoms with Gasteiger partial charge in [-0.1, -0.05) is 6.92 Å². The monoisotopic (exact) mass is 353 g/mol. The molecule has 4 atom stereocenters. The fourth-order valence-corrected chi connectivity index (χ4v) is 4.97. The number of hydrogen-bond acceptors (Lipinski definition) is 5. The zero-order valence-corrected chi connectivity index (χ0v) is 14.8. The molecular weight excluding hydrogens is 332 g/mol. The number of rotatable bonds is 5. The summed E-state index contributed by atoms with van der Waals surface area (Å²) in [6.45, 7) is 3.49. The van der Waals surface area contributed by atoms with E-state index in [9.17, 15) is 19.8 Å². The Morgan fingerprint density at radius 1 is 1.54 bits per heavy atom. The van der Waals surface area contributed by atoms with E-state index in [2.05, 4.69) is 5.10 Å². The first kappa shape index (κ1) is 17.0. The number of carboxylic acid groups (broad SMARTS) is 1. The minimum Gasteiger partial charge on any atom is -0.477 e. The summed E-state index contributed by atoms with van der Waals surface area (Å²) >= 11 is 1.42. The fourth-order valence-electron chi connectivity index (χ4n) is 3.57. The van der Waals surface area contributed by atoms with Crippen LogP contribution in [0.1, 0.15) is 19.7 Å². The van der Waals surface area contributed by atoms with Crippen LogP contribution in [-0.4, -0.2) is 48.9 Å². The second kappa shape index (κ2) is 5.89. The van der Waals surface area contributed by atoms with Gasteiger partial charge >= 0.3 is 5.97 Å². The minimum absolute atomic E-state index is 0.0595. The Balaban J connectivity index is 1.88. The quantitative estimate of drug-likeness (QED) is 0.554. The van der Waals surface area contributed by atoms with Crippen molar-refractivity contribution in [2.75, 3.05) is 0 Å². The highest BCUT2D eigenvalue weighted by Crippen LogP contribution is 2.50. The number of carbonyl (C=O) groups excluding carboxylic acids is 1. The molecule has 0 spiro atoms. The number of carboxylic acids is 1. The number of aliphatic hydroxyl groups excluding tert-OH is 1. The average Bonchev–Trinajstić information content (AvgIpc) is 2.93. The molecule has 1 aromatic rings. The summed E-state index contributed by atoms with van der Waals surface area (Å²) in [5.74, 6) is -0.550. The molecule has 9 heteroatoms. The largest absolute Gasteiger partial charge is 0.477 e. The summed E-state index contributed by atoms with van der Waals surface area (Å²) in [5.41, 5.74) is 0.0595. The van der Waals surface area contributed by atoms with Crippen molar-refractivity contribution < 1.29 is 24.4 Å². The van der Waals surface area contributed by atoms with Crippen molar-refractivity contribution in [3.8, 4) is 0 Å². The van der Waals surface area contributed by atoms with Crippen LogP contribution in [0.15, 0.2) is 16.9 Å². The molecule has 0 aliphatic carbocycles. The fraction of sp³-hybridized carbons (Fsp3) is 0.600. The second-order valence-corrected chi connectivity index (χ2v) is 7.36. The Morgan fingerprint density at radius 2 is 2.21 bits per heavy atom. The van der Waals surface area contributed by atoms with Crippen molar-refractivity contribution >= 4 is 23.6 Å². The Labute approximate surface area is 143 Å². The van der Waals surface area contributed by atoms with Gasteiger partial charge in [0.05, 0.1) is 37.9 Å². The van der Waals surface area contributed by atoms with E-state index in [-0.39, 0.29) is 23.6 Å². The standard InChI is InChI=1S/C15H20N4O4S/c1-7-11-10(8(2)20)14(21)19(11)12(15(22)23)13(7)24-5-9-17(3)6-16-18(9)4/h6-8,10-11,20H,5H2,1-4H3/p+1/t7-,8-,10-,11-/m1/s1. The minimum atomic E-state index is -1.10. The van der Waals surface area contributed by atoms with Crippen molar-refractivity contribution in [3.05, 3.63) is 22.8 Å². The lowest BCUT2D eigenvalue weighted by atomic mass is 9.79. The maximum Gasteiger partial charge on any atom is 0.353 e. The van der Waals surface area contributed by atoms with Crippen LogP contribution in [0.5, 0.6) is 0 Å². The van der Waals surface area contributed by atoms with Crippen molar-refractivity contribution in [1.29, 1.82) is 0 Å². The van der Waals surface area contributed by atoms with E-state index in [1.165, 1.54) is 16.7 Å². The van der Waals surface area contributed by atoms with Crippen LogP contribution < -0.4 is 4.57 Å². The summed E-state index contributed by atoms with van der Waals surface area (Å²) in [7, 11) is 3.72. The van der Waals surface area contributed by atoms with Gasteiger partial charge in [-0.25, -0.2) is 9.36 Å². The number of carbonyl (C=O) groups is 2. The van der Waals surface area contributed by atoms with Gasteiger partial charge in [-0.05, 0) is 6.92 Å². The van der Waals surface area contributed by atoms with Crippen molar-refractivity contribution in [1.82, 2.24) is 14.7 Å². The number of β-lactam (4-membered cyclic amide) rings is 1. The molecule has 130 valence electrons. The molecular formula is C15H21N4O4S+. The molecule has 1 amide bonds. The lowest BCUT2D eigenvalue weighted by Gasteiger charge is -2.46. The number of aromatic nitrogens is 3. The number of thioether (sulfide) groups is 1. The first-order chi connectivity index (χ1) is 11.3. The van der Waals surface area contributed by atoms with Crippen molar-refractivity contribution in [2.45, 2.75) is 31.7 Å². The molecule has 1 aromatic heterocycles. The van der Waals surface area contributed by atoms with E-state index >= 15 is 0 Å². The van der Waals surface area contributed by atoms with Crippen LogP contribution in [0.3, 0.4) is 0 Å². The number of aryl methyl sites for hydroxylation is 2. The van der Waals surface area contributed by atoms with Crippen molar-refractivity contribution in [3.63, 3.8) is 0 Å². The summed E-state index contributed by atoms with van der Waals surface area (Å²) < 4.78 is 3.62. The molecule has 3 rings (SSSR count). The number of aliphatic hydroxyl groups is 1. The summed E-state index contributed by atoms with van der Waals surface area (Å²) in [6, 6.07) is -0.272. The van der Waals surface area contributed by atoms with Gasteiger partial charge in [-0.3, -0.25) is 4.79 Å². The number of hydrogen-bond donors (Lipinski definition) is 2. The van der Waals surface area contributed by atoms with Crippen molar-refractivity contribution in [2.24, 2.45) is 25.9 Å². The van der Waals surface area contributed by atoms with Crippen LogP contribution in [0.25, 0.3) is 0 Å². The van der Waals surface area contributed by atoms with Gasteiger partial charge in [0.2, 0.25) is 11.7 Å². The number of aliphatic carboxylic acids is 1. The molecule has 24 heavy (non-hydrogen) atoms. The first-order valence-corrected chi connectivity index (χ1v) is 8.72. The zero-order valence-electron chi connectivity index (χ0n) is 14.0. The zero-order chi connectivity index (χ0) is 17.8. The summed E-state index contributed by atoms with van der Waals surface area (Å²) in [6.07, 6.45) is 0.913. The third-order valence-electron chi connectivity index (χ3n) is 4.85. The Hall–Kier alpha value is -1.87. The van der Waals surface area contributed by atoms with Gasteiger partial charge in [0.15, 0.2) is 0 Å². The van der Waals surface area contributed by atoms with Crippen LogP contribution in [0.4, 0.5) is 0 Å². The maximum atomic E-state index is 12.3. The Bertz CT molecular complexity index is 722. The van der Waals surface area contributed by atoms with Gasteiger partial charge in [0, 0.05) is 15.9 Å². The normalized spacial score (nSPS) is 27.3. The van der Waals surface area contributed by atoms with E-state index in [4.69, 9.17) is 0 Å². The van der Waals surface area contributed by atoms with Gasteiger partial charge < -0.3 is 15.1 Å². The molecule has 8 nitrogen and oxygen atoms in total. The Kier molecular flexibility index (Phi) is 4.16. The summed E-state index contributed by atoms with van der Waals surface area (Å²) in [5, 5.41) is 23.6. The molecule has 0 aromatic carbocycles. The van der Waals surface area contributed by atoms with E-state index in [0.29, 0.717) is 10.7 Å². The number of amides is 1. The van der Waals surface area contributed by atoms with E-state index in [1.54, 1.807) is 17.9 Å². The first-order valence-electron chi connectivity index (χ1n) is 7.73. The van der Waals surface area contributed by atoms with Crippen LogP contribution in [0, 0.1) is 11.8 Å². The number of nitrogens with zero attached hydrogens (tertiary/aromatic N) is 4. The molecule has 2 aliphatic rings. The van der Waals surface area contributed by atoms with E-state index in [1.807, 2.05) is 25.6 Å². The molecule has 0 saturated carbocycles. The van der Waals surface area contributed by atoms with Crippen LogP contribution in [0.2, 0.25) is 0 Å². The van der Waals surface area contributed by atoms with Gasteiger partial charge in [-0.15, -0.1) is 16.4 Å². The van der Waals surface area contributed by atoms with Gasteiger partial charge in [0.25, 0.3) is 6.33 Å². The van der Waals surface area contributed by atoms with Crippen LogP contribution in [-0.2, 0) is 29.4 Å². The molecule has 0 radical (unpaired) electrons. The maximum absolute atomic E-state index is 12.3. The molecule has 0 bridgehead atoms. The molecule has 0 unspecified atom stereocenters. The lowest BCUT2D eigenvalue weighted by Crippen LogP contribution is -2.63. The highest BCUT2D eigenvalue weighted by Gasteiger charge is 2.60. The highest BCUT2D eigenvalue weighted by molar-refractivity contribution is 8.02. The molecule has 1 fully saturated rings. The summed E-state index contributed by atoms with van der Waals surface area (Å²) in [4.78, 5) is 26.0. The lowest BCUT2D eigenvalue weighted by molar-refractivity contribution is -0.678. The predicted molar refractivity (Wildman–Crippen MR) is 85.3 cm³/mol. The van der Waals surface area contributed by atoms with E-state index in [0.717, 1.165) is 5.82 Å². The van der Waals surface area contributed by atoms with Crippen LogP contribution >= 0.6 is 11.8 Å². The topological polar surface area (TPSA) is 99.5 Å². The highest BCUT2D eigenvalue weighted by atomic mass is 32.2. The number of fused-ring (bicyclic) bond motifs is 1. The average molecular weight is 353 g/mol. The molecule has 1 saturated heterocycles. The smallest absolute Gasteiger partial charge is 0.353 e. The predicted octanol–water partition coefficient (Wildman–Crippen LogP) is -0.368. The van der Waals surface area contributed by atoms with Gasteiger partial charge in [-0.2, -0.15) is 0 Å². The SMILES string of the molecule is C[C@@H](O)[C@H]1C(=O)N2C(C(=O)O)=C(SCc3n(C)nc[n+]3C)[C@H](C)[C@H]12. The Morgan fingerprint density at radius 3 is 2.71 bits per heavy atom. The molecule has 2 aliphatic heterocycles.